The van der Waals surface area contributed by atoms with E-state index in [4.69, 9.17) is 10.1 Å². The molecular weight excluding hydrogens is 300 g/mol. The second-order valence-electron chi connectivity index (χ2n) is 6.54. The van der Waals surface area contributed by atoms with Gasteiger partial charge >= 0.3 is 0 Å². The van der Waals surface area contributed by atoms with Crippen molar-refractivity contribution in [2.24, 2.45) is 0 Å². The van der Waals surface area contributed by atoms with E-state index < -0.39 is 0 Å². The molecule has 124 valence electrons. The van der Waals surface area contributed by atoms with Crippen LogP contribution in [0.5, 0.6) is 0 Å². The van der Waals surface area contributed by atoms with E-state index in [-0.39, 0.29) is 0 Å². The Bertz CT molecular complexity index is 848. The van der Waals surface area contributed by atoms with Gasteiger partial charge in [0, 0.05) is 30.5 Å². The first kappa shape index (κ1) is 15.1. The van der Waals surface area contributed by atoms with Gasteiger partial charge in [0.15, 0.2) is 0 Å². The van der Waals surface area contributed by atoms with Crippen molar-refractivity contribution in [2.45, 2.75) is 32.2 Å². The molecule has 6 nitrogen and oxygen atoms in total. The maximum atomic E-state index is 4.77. The highest BCUT2D eigenvalue weighted by Crippen LogP contribution is 2.31. The minimum Gasteiger partial charge on any atom is -0.350 e. The van der Waals surface area contributed by atoms with Crippen LogP contribution in [0.4, 0.5) is 5.95 Å². The van der Waals surface area contributed by atoms with Crippen LogP contribution in [0, 0.1) is 0 Å². The van der Waals surface area contributed by atoms with Gasteiger partial charge in [0.2, 0.25) is 5.95 Å². The molecule has 1 fully saturated rings. The molecule has 0 aliphatic carbocycles. The summed E-state index contributed by atoms with van der Waals surface area (Å²) in [6.07, 6.45) is 4.90. The van der Waals surface area contributed by atoms with Crippen molar-refractivity contribution in [3.63, 3.8) is 0 Å². The van der Waals surface area contributed by atoms with Crippen molar-refractivity contribution in [1.82, 2.24) is 24.9 Å². The lowest BCUT2D eigenvalue weighted by molar-refractivity contribution is 0.779. The van der Waals surface area contributed by atoms with E-state index in [1.165, 1.54) is 0 Å². The third-order valence-electron chi connectivity index (χ3n) is 4.42. The number of pyridine rings is 1. The molecule has 0 bridgehead atoms. The highest BCUT2D eigenvalue weighted by molar-refractivity contribution is 5.81. The largest absolute Gasteiger partial charge is 0.350 e. The summed E-state index contributed by atoms with van der Waals surface area (Å²) in [5.74, 6) is 1.01. The lowest BCUT2D eigenvalue weighted by atomic mass is 10.0. The average Bonchev–Trinajstić information content (AvgIpc) is 3.22. The summed E-state index contributed by atoms with van der Waals surface area (Å²) in [6, 6.07) is 8.48. The summed E-state index contributed by atoms with van der Waals surface area (Å²) in [7, 11) is 0. The molecule has 0 saturated carbocycles. The molecular formula is C18H22N6. The normalized spacial score (nSPS) is 17.7. The number of rotatable bonds is 4. The molecule has 24 heavy (non-hydrogen) atoms. The Hall–Kier alpha value is -2.47. The minimum absolute atomic E-state index is 0.324. The Balaban J connectivity index is 1.78. The van der Waals surface area contributed by atoms with Crippen LogP contribution in [0.25, 0.3) is 16.8 Å². The van der Waals surface area contributed by atoms with Crippen molar-refractivity contribution in [2.75, 3.05) is 18.4 Å². The van der Waals surface area contributed by atoms with Crippen molar-refractivity contribution in [3.8, 4) is 11.3 Å². The summed E-state index contributed by atoms with van der Waals surface area (Å²) >= 11 is 0. The zero-order valence-corrected chi connectivity index (χ0v) is 14.0. The molecule has 1 atom stereocenters. The molecule has 4 heterocycles. The third-order valence-corrected chi connectivity index (χ3v) is 4.42. The summed E-state index contributed by atoms with van der Waals surface area (Å²) in [6.45, 7) is 6.33. The van der Waals surface area contributed by atoms with Gasteiger partial charge in [0.05, 0.1) is 16.9 Å². The fraction of sp³-hybridized carbons (Fsp3) is 0.389. The SMILES string of the molecule is CC(C)c1nn2ccccc2c1-c1ccnc(NC2CCNC2)n1. The first-order valence-corrected chi connectivity index (χ1v) is 8.50. The van der Waals surface area contributed by atoms with Crippen LogP contribution >= 0.6 is 0 Å². The van der Waals surface area contributed by atoms with Gasteiger partial charge < -0.3 is 10.6 Å². The number of nitrogens with zero attached hydrogens (tertiary/aromatic N) is 4. The molecule has 0 amide bonds. The van der Waals surface area contributed by atoms with Crippen LogP contribution in [0.3, 0.4) is 0 Å². The van der Waals surface area contributed by atoms with Crippen molar-refractivity contribution < 1.29 is 0 Å². The number of anilines is 1. The second-order valence-corrected chi connectivity index (χ2v) is 6.54. The molecule has 1 unspecified atom stereocenters. The monoisotopic (exact) mass is 322 g/mol. The Morgan fingerprint density at radius 1 is 1.29 bits per heavy atom. The fourth-order valence-electron chi connectivity index (χ4n) is 3.21. The zero-order valence-electron chi connectivity index (χ0n) is 14.0. The number of hydrogen-bond acceptors (Lipinski definition) is 5. The summed E-state index contributed by atoms with van der Waals surface area (Å²) in [4.78, 5) is 9.16. The molecule has 1 saturated heterocycles. The number of hydrogen-bond donors (Lipinski definition) is 2. The van der Waals surface area contributed by atoms with E-state index in [2.05, 4.69) is 35.5 Å². The zero-order chi connectivity index (χ0) is 16.5. The maximum Gasteiger partial charge on any atom is 0.223 e. The van der Waals surface area contributed by atoms with E-state index in [0.717, 1.165) is 42.0 Å². The molecule has 3 aromatic heterocycles. The summed E-state index contributed by atoms with van der Waals surface area (Å²) in [5.41, 5.74) is 4.16. The van der Waals surface area contributed by atoms with Gasteiger partial charge in [0.1, 0.15) is 0 Å². The Morgan fingerprint density at radius 3 is 3.00 bits per heavy atom. The predicted octanol–water partition coefficient (Wildman–Crippen LogP) is 2.69. The minimum atomic E-state index is 0.324. The predicted molar refractivity (Wildman–Crippen MR) is 95.2 cm³/mol. The van der Waals surface area contributed by atoms with Crippen LogP contribution in [-0.2, 0) is 0 Å². The smallest absolute Gasteiger partial charge is 0.223 e. The quantitative estimate of drug-likeness (QED) is 0.773. The van der Waals surface area contributed by atoms with Gasteiger partial charge in [-0.2, -0.15) is 5.10 Å². The van der Waals surface area contributed by atoms with Gasteiger partial charge in [-0.15, -0.1) is 0 Å². The van der Waals surface area contributed by atoms with Gasteiger partial charge in [0.25, 0.3) is 0 Å². The highest BCUT2D eigenvalue weighted by Gasteiger charge is 2.19. The second kappa shape index (κ2) is 6.20. The molecule has 0 spiro atoms. The van der Waals surface area contributed by atoms with Gasteiger partial charge in [-0.05, 0) is 37.1 Å². The van der Waals surface area contributed by atoms with E-state index in [9.17, 15) is 0 Å². The molecule has 1 aliphatic rings. The first-order chi connectivity index (χ1) is 11.7. The Labute approximate surface area is 141 Å². The lowest BCUT2D eigenvalue weighted by Crippen LogP contribution is -2.23. The van der Waals surface area contributed by atoms with E-state index in [1.54, 1.807) is 0 Å². The van der Waals surface area contributed by atoms with Crippen molar-refractivity contribution in [1.29, 1.82) is 0 Å². The van der Waals surface area contributed by atoms with E-state index >= 15 is 0 Å². The molecule has 4 rings (SSSR count). The van der Waals surface area contributed by atoms with Crippen LogP contribution in [0.15, 0.2) is 36.7 Å². The van der Waals surface area contributed by atoms with Crippen LogP contribution in [0.1, 0.15) is 31.9 Å². The standard InChI is InChI=1S/C18H22N6/c1-12(2)17-16(15-5-3-4-10-24(15)23-17)14-7-9-20-18(22-14)21-13-6-8-19-11-13/h3-5,7,9-10,12-13,19H,6,8,11H2,1-2H3,(H,20,21,22). The summed E-state index contributed by atoms with van der Waals surface area (Å²) < 4.78 is 1.93. The van der Waals surface area contributed by atoms with Crippen LogP contribution in [-0.4, -0.2) is 38.7 Å². The molecule has 0 radical (unpaired) electrons. The Morgan fingerprint density at radius 2 is 2.21 bits per heavy atom. The highest BCUT2D eigenvalue weighted by atomic mass is 15.2. The maximum absolute atomic E-state index is 4.77. The molecule has 2 N–H and O–H groups in total. The van der Waals surface area contributed by atoms with Gasteiger partial charge in [-0.25, -0.2) is 14.5 Å². The third kappa shape index (κ3) is 2.73. The van der Waals surface area contributed by atoms with Crippen molar-refractivity contribution in [3.05, 3.63) is 42.4 Å². The van der Waals surface area contributed by atoms with Crippen LogP contribution in [0.2, 0.25) is 0 Å². The molecule has 6 heteroatoms. The number of fused-ring (bicyclic) bond motifs is 1. The fourth-order valence-corrected chi connectivity index (χ4v) is 3.21. The Kier molecular flexibility index (Phi) is 3.90. The number of nitrogens with one attached hydrogen (secondary N) is 2. The van der Waals surface area contributed by atoms with E-state index in [1.807, 2.05) is 35.1 Å². The molecule has 3 aromatic rings. The van der Waals surface area contributed by atoms with Crippen LogP contribution < -0.4 is 10.6 Å². The molecule has 0 aromatic carbocycles. The molecule has 1 aliphatic heterocycles. The van der Waals surface area contributed by atoms with E-state index in [0.29, 0.717) is 17.9 Å². The van der Waals surface area contributed by atoms with Gasteiger partial charge in [-0.1, -0.05) is 19.9 Å². The van der Waals surface area contributed by atoms with Gasteiger partial charge in [-0.3, -0.25) is 0 Å². The number of aromatic nitrogens is 4. The topological polar surface area (TPSA) is 67.1 Å². The van der Waals surface area contributed by atoms with Crippen molar-refractivity contribution >= 4 is 11.5 Å². The lowest BCUT2D eigenvalue weighted by Gasteiger charge is -2.12. The average molecular weight is 322 g/mol. The first-order valence-electron chi connectivity index (χ1n) is 8.50. The summed E-state index contributed by atoms with van der Waals surface area (Å²) in [5, 5.41) is 11.5.